The first kappa shape index (κ1) is 12.7. The number of benzene rings is 1. The van der Waals surface area contributed by atoms with Gasteiger partial charge in [0.25, 0.3) is 0 Å². The predicted molar refractivity (Wildman–Crippen MR) is 75.5 cm³/mol. The van der Waals surface area contributed by atoms with Gasteiger partial charge in [-0.3, -0.25) is 4.98 Å². The Labute approximate surface area is 120 Å². The molecule has 3 nitrogen and oxygen atoms in total. The molecule has 1 unspecified atom stereocenters. The fraction of sp³-hybridized carbons (Fsp3) is 0.286. The Balaban J connectivity index is 2.49. The number of carbonyl (C=O) groups is 1. The lowest BCUT2D eigenvalue weighted by molar-refractivity contribution is 0.0698. The molecular formula is C14H11Cl2NO2. The van der Waals surface area contributed by atoms with Crippen LogP contribution in [0, 0.1) is 0 Å². The molecule has 1 aromatic heterocycles. The second-order valence-corrected chi connectivity index (χ2v) is 5.64. The fourth-order valence-corrected chi connectivity index (χ4v) is 3.09. The summed E-state index contributed by atoms with van der Waals surface area (Å²) in [5.41, 5.74) is 2.49. The lowest BCUT2D eigenvalue weighted by Crippen LogP contribution is -2.06. The molecule has 1 aliphatic carbocycles. The molecule has 0 fully saturated rings. The maximum atomic E-state index is 11.6. The first-order valence-electron chi connectivity index (χ1n) is 6.04. The van der Waals surface area contributed by atoms with E-state index in [-0.39, 0.29) is 5.92 Å². The number of aromatic nitrogens is 1. The summed E-state index contributed by atoms with van der Waals surface area (Å²) in [6, 6.07) is 3.30. The van der Waals surface area contributed by atoms with Crippen LogP contribution in [0.15, 0.2) is 12.1 Å². The summed E-state index contributed by atoms with van der Waals surface area (Å²) in [6.45, 7) is 2.05. The molecule has 0 aliphatic heterocycles. The highest BCUT2D eigenvalue weighted by Gasteiger charge is 2.28. The van der Waals surface area contributed by atoms with Crippen molar-refractivity contribution in [2.24, 2.45) is 0 Å². The Hall–Kier alpha value is -1.32. The van der Waals surface area contributed by atoms with Crippen molar-refractivity contribution in [3.05, 3.63) is 39.0 Å². The SMILES string of the molecule is CC1CCc2c1nc1c(Cl)c(Cl)ccc1c2C(=O)O. The summed E-state index contributed by atoms with van der Waals surface area (Å²) in [5, 5.41) is 10.8. The molecule has 1 heterocycles. The summed E-state index contributed by atoms with van der Waals surface area (Å²) in [5.74, 6) is -0.677. The van der Waals surface area contributed by atoms with Crippen molar-refractivity contribution < 1.29 is 9.90 Å². The molecule has 2 aromatic rings. The van der Waals surface area contributed by atoms with E-state index in [0.717, 1.165) is 24.1 Å². The van der Waals surface area contributed by atoms with Gasteiger partial charge in [0, 0.05) is 11.1 Å². The van der Waals surface area contributed by atoms with Gasteiger partial charge in [-0.05, 0) is 30.4 Å². The van der Waals surface area contributed by atoms with Gasteiger partial charge in [0.2, 0.25) is 0 Å². The average molecular weight is 296 g/mol. The number of pyridine rings is 1. The molecule has 0 spiro atoms. The van der Waals surface area contributed by atoms with Gasteiger partial charge in [0.1, 0.15) is 0 Å². The Kier molecular flexibility index (Phi) is 2.91. The van der Waals surface area contributed by atoms with Crippen LogP contribution in [0.2, 0.25) is 10.0 Å². The summed E-state index contributed by atoms with van der Waals surface area (Å²) in [7, 11) is 0. The van der Waals surface area contributed by atoms with Crippen molar-refractivity contribution in [3.63, 3.8) is 0 Å². The van der Waals surface area contributed by atoms with Gasteiger partial charge < -0.3 is 5.11 Å². The topological polar surface area (TPSA) is 50.2 Å². The number of fused-ring (bicyclic) bond motifs is 2. The van der Waals surface area contributed by atoms with Crippen LogP contribution in [0.25, 0.3) is 10.9 Å². The van der Waals surface area contributed by atoms with Crippen molar-refractivity contribution in [2.75, 3.05) is 0 Å². The number of rotatable bonds is 1. The maximum absolute atomic E-state index is 11.6. The predicted octanol–water partition coefficient (Wildman–Crippen LogP) is 4.29. The van der Waals surface area contributed by atoms with Crippen LogP contribution in [0.1, 0.15) is 40.9 Å². The van der Waals surface area contributed by atoms with Crippen LogP contribution < -0.4 is 0 Å². The third-order valence-electron chi connectivity index (χ3n) is 3.69. The van der Waals surface area contributed by atoms with Gasteiger partial charge in [-0.15, -0.1) is 0 Å². The van der Waals surface area contributed by atoms with Crippen molar-refractivity contribution >= 4 is 40.1 Å². The zero-order chi connectivity index (χ0) is 13.7. The highest BCUT2D eigenvalue weighted by molar-refractivity contribution is 6.45. The molecule has 0 saturated heterocycles. The van der Waals surface area contributed by atoms with Crippen molar-refractivity contribution in [3.8, 4) is 0 Å². The van der Waals surface area contributed by atoms with Gasteiger partial charge in [0.05, 0.1) is 21.1 Å². The van der Waals surface area contributed by atoms with E-state index in [9.17, 15) is 9.90 Å². The smallest absolute Gasteiger partial charge is 0.336 e. The molecule has 5 heteroatoms. The fourth-order valence-electron chi connectivity index (χ4n) is 2.73. The van der Waals surface area contributed by atoms with Crippen LogP contribution in [-0.2, 0) is 6.42 Å². The van der Waals surface area contributed by atoms with Crippen LogP contribution >= 0.6 is 23.2 Å². The molecule has 0 amide bonds. The second-order valence-electron chi connectivity index (χ2n) is 4.85. The van der Waals surface area contributed by atoms with Gasteiger partial charge in [-0.25, -0.2) is 4.79 Å². The molecule has 98 valence electrons. The first-order valence-corrected chi connectivity index (χ1v) is 6.80. The summed E-state index contributed by atoms with van der Waals surface area (Å²) in [4.78, 5) is 16.1. The van der Waals surface area contributed by atoms with E-state index in [1.54, 1.807) is 12.1 Å². The van der Waals surface area contributed by atoms with E-state index in [2.05, 4.69) is 11.9 Å². The highest BCUT2D eigenvalue weighted by Crippen LogP contribution is 2.39. The molecule has 0 saturated carbocycles. The molecular weight excluding hydrogens is 285 g/mol. The van der Waals surface area contributed by atoms with Crippen LogP contribution in [0.5, 0.6) is 0 Å². The third-order valence-corrected chi connectivity index (χ3v) is 4.48. The highest BCUT2D eigenvalue weighted by atomic mass is 35.5. The van der Waals surface area contributed by atoms with E-state index < -0.39 is 5.97 Å². The third kappa shape index (κ3) is 1.80. The van der Waals surface area contributed by atoms with E-state index >= 15 is 0 Å². The Bertz CT molecular complexity index is 712. The standard InChI is InChI=1S/C14H11Cl2NO2/c1-6-2-3-7-10(14(18)19)8-4-5-9(15)11(16)13(8)17-12(6)7/h4-6H,2-3H2,1H3,(H,18,19). The molecule has 1 N–H and O–H groups in total. The quantitative estimate of drug-likeness (QED) is 0.854. The van der Waals surface area contributed by atoms with Gasteiger partial charge in [-0.1, -0.05) is 36.2 Å². The zero-order valence-corrected chi connectivity index (χ0v) is 11.7. The lowest BCUT2D eigenvalue weighted by atomic mass is 10.0. The summed E-state index contributed by atoms with van der Waals surface area (Å²) >= 11 is 12.2. The Morgan fingerprint density at radius 2 is 2.16 bits per heavy atom. The van der Waals surface area contributed by atoms with Gasteiger partial charge in [0.15, 0.2) is 0 Å². The first-order chi connectivity index (χ1) is 9.00. The number of aromatic carboxylic acids is 1. The molecule has 3 rings (SSSR count). The van der Waals surface area contributed by atoms with Crippen LogP contribution in [0.3, 0.4) is 0 Å². The van der Waals surface area contributed by atoms with Gasteiger partial charge >= 0.3 is 5.97 Å². The second kappa shape index (κ2) is 4.36. The molecule has 1 aliphatic rings. The van der Waals surface area contributed by atoms with E-state index in [1.807, 2.05) is 0 Å². The van der Waals surface area contributed by atoms with Gasteiger partial charge in [-0.2, -0.15) is 0 Å². The number of carboxylic acid groups (broad SMARTS) is 1. The van der Waals surface area contributed by atoms with E-state index in [4.69, 9.17) is 23.2 Å². The van der Waals surface area contributed by atoms with Crippen LogP contribution in [0.4, 0.5) is 0 Å². The van der Waals surface area contributed by atoms with Crippen molar-refractivity contribution in [2.45, 2.75) is 25.7 Å². The molecule has 19 heavy (non-hydrogen) atoms. The molecule has 1 atom stereocenters. The molecule has 1 aromatic carbocycles. The largest absolute Gasteiger partial charge is 0.478 e. The Morgan fingerprint density at radius 3 is 2.84 bits per heavy atom. The summed E-state index contributed by atoms with van der Waals surface area (Å²) < 4.78 is 0. The lowest BCUT2D eigenvalue weighted by Gasteiger charge is -2.12. The zero-order valence-electron chi connectivity index (χ0n) is 10.2. The van der Waals surface area contributed by atoms with Crippen molar-refractivity contribution in [1.82, 2.24) is 4.98 Å². The Morgan fingerprint density at radius 1 is 1.42 bits per heavy atom. The monoisotopic (exact) mass is 295 g/mol. The molecule has 0 radical (unpaired) electrons. The molecule has 0 bridgehead atoms. The number of hydrogen-bond donors (Lipinski definition) is 1. The normalized spacial score (nSPS) is 17.7. The minimum absolute atomic E-state index is 0.257. The number of carboxylic acids is 1. The van der Waals surface area contributed by atoms with E-state index in [0.29, 0.717) is 26.5 Å². The van der Waals surface area contributed by atoms with Crippen molar-refractivity contribution in [1.29, 1.82) is 0 Å². The average Bonchev–Trinajstić information content (AvgIpc) is 2.73. The minimum Gasteiger partial charge on any atom is -0.478 e. The number of nitrogens with zero attached hydrogens (tertiary/aromatic N) is 1. The number of halogens is 2. The maximum Gasteiger partial charge on any atom is 0.336 e. The number of hydrogen-bond acceptors (Lipinski definition) is 2. The summed E-state index contributed by atoms with van der Waals surface area (Å²) in [6.07, 6.45) is 1.67. The van der Waals surface area contributed by atoms with Crippen LogP contribution in [-0.4, -0.2) is 16.1 Å². The van der Waals surface area contributed by atoms with E-state index in [1.165, 1.54) is 0 Å². The minimum atomic E-state index is -0.934.